The molecule has 0 aliphatic rings. The highest BCUT2D eigenvalue weighted by Gasteiger charge is 2.17. The minimum atomic E-state index is -0.646. The Morgan fingerprint density at radius 3 is 2.22 bits per heavy atom. The van der Waals surface area contributed by atoms with E-state index in [0.29, 0.717) is 16.9 Å². The molecule has 1 N–H and O–H groups in total. The van der Waals surface area contributed by atoms with Crippen LogP contribution in [0.3, 0.4) is 0 Å². The summed E-state index contributed by atoms with van der Waals surface area (Å²) in [4.78, 5) is 24.5. The number of ether oxygens (including phenoxy) is 2. The van der Waals surface area contributed by atoms with Crippen LogP contribution in [0.25, 0.3) is 21.7 Å². The van der Waals surface area contributed by atoms with Crippen LogP contribution < -0.4 is 20.7 Å². The predicted octanol–water partition coefficient (Wildman–Crippen LogP) is 1.45. The van der Waals surface area contributed by atoms with Crippen molar-refractivity contribution in [3.05, 3.63) is 44.8 Å². The highest BCUT2D eigenvalue weighted by atomic mass is 16.5. The predicted molar refractivity (Wildman–Crippen MR) is 82.4 cm³/mol. The third-order valence-corrected chi connectivity index (χ3v) is 3.54. The van der Waals surface area contributed by atoms with Gasteiger partial charge in [0.05, 0.1) is 26.2 Å². The van der Waals surface area contributed by atoms with Crippen LogP contribution in [0.1, 0.15) is 5.76 Å². The average molecular weight is 318 g/mol. The summed E-state index contributed by atoms with van der Waals surface area (Å²) in [6.07, 6.45) is 0.152. The Kier molecular flexibility index (Phi) is 3.79. The summed E-state index contributed by atoms with van der Waals surface area (Å²) in [6, 6.07) is 4.43. The summed E-state index contributed by atoms with van der Waals surface area (Å²) in [5.41, 5.74) is -1.14. The lowest BCUT2D eigenvalue weighted by molar-refractivity contribution is 0.284. The molecule has 7 nitrogen and oxygen atoms in total. The van der Waals surface area contributed by atoms with E-state index >= 15 is 0 Å². The van der Waals surface area contributed by atoms with E-state index in [1.54, 1.807) is 0 Å². The van der Waals surface area contributed by atoms with Gasteiger partial charge in [-0.1, -0.05) is 0 Å². The monoisotopic (exact) mass is 318 g/mol. The molecule has 0 fully saturated rings. The number of benzene rings is 1. The maximum absolute atomic E-state index is 12.3. The number of aliphatic hydroxyl groups excluding tert-OH is 1. The first kappa shape index (κ1) is 15.1. The average Bonchev–Trinajstić information content (AvgIpc) is 2.53. The molecule has 0 unspecified atom stereocenters. The Labute approximate surface area is 129 Å². The fraction of sp³-hybridized carbons (Fsp3) is 0.250. The second-order valence-corrected chi connectivity index (χ2v) is 4.86. The van der Waals surface area contributed by atoms with E-state index in [-0.39, 0.29) is 35.1 Å². The second kappa shape index (κ2) is 5.77. The van der Waals surface area contributed by atoms with E-state index in [2.05, 4.69) is 0 Å². The van der Waals surface area contributed by atoms with Gasteiger partial charge in [0, 0.05) is 17.9 Å². The van der Waals surface area contributed by atoms with Gasteiger partial charge in [0.1, 0.15) is 16.7 Å². The minimum absolute atomic E-state index is 0.106. The van der Waals surface area contributed by atoms with Crippen LogP contribution in [0.15, 0.2) is 36.6 Å². The summed E-state index contributed by atoms with van der Waals surface area (Å²) >= 11 is 0. The molecule has 0 amide bonds. The lowest BCUT2D eigenvalue weighted by atomic mass is 10.1. The van der Waals surface area contributed by atoms with Gasteiger partial charge in [-0.2, -0.15) is 0 Å². The molecular formula is C16H14O7. The molecule has 0 aliphatic carbocycles. The van der Waals surface area contributed by atoms with Gasteiger partial charge in [-0.05, 0) is 12.1 Å². The number of methoxy groups -OCH3 is 2. The van der Waals surface area contributed by atoms with Crippen molar-refractivity contribution in [2.24, 2.45) is 0 Å². The van der Waals surface area contributed by atoms with Crippen molar-refractivity contribution in [1.82, 2.24) is 0 Å². The van der Waals surface area contributed by atoms with Crippen molar-refractivity contribution in [3.63, 3.8) is 0 Å². The number of hydrogen-bond donors (Lipinski definition) is 1. The van der Waals surface area contributed by atoms with Crippen LogP contribution in [0.4, 0.5) is 0 Å². The zero-order chi connectivity index (χ0) is 16.6. The van der Waals surface area contributed by atoms with Gasteiger partial charge >= 0.3 is 11.3 Å². The summed E-state index contributed by atoms with van der Waals surface area (Å²) in [7, 11) is 2.90. The molecule has 3 aromatic rings. The molecule has 0 radical (unpaired) electrons. The molecule has 2 heterocycles. The fourth-order valence-corrected chi connectivity index (χ4v) is 2.48. The normalized spacial score (nSPS) is 11.1. The molecule has 3 rings (SSSR count). The van der Waals surface area contributed by atoms with Gasteiger partial charge in [-0.3, -0.25) is 0 Å². The smallest absolute Gasteiger partial charge is 0.347 e. The Morgan fingerprint density at radius 1 is 0.957 bits per heavy atom. The van der Waals surface area contributed by atoms with E-state index in [1.807, 2.05) is 0 Å². The molecule has 0 spiro atoms. The van der Waals surface area contributed by atoms with E-state index in [0.717, 1.165) is 0 Å². The lowest BCUT2D eigenvalue weighted by Crippen LogP contribution is -2.09. The summed E-state index contributed by atoms with van der Waals surface area (Å²) in [6.45, 7) is -0.183. The largest absolute Gasteiger partial charge is 0.493 e. The number of aliphatic hydroxyl groups is 1. The quantitative estimate of drug-likeness (QED) is 0.727. The standard InChI is InChI=1S/C16H14O7/c1-20-11-6-9-10(7-12(11)21-2)15(18)23-13-5-8(3-4-17)22-16(19)14(9)13/h5-7,17H,3-4H2,1-2H3. The number of fused-ring (bicyclic) bond motifs is 3. The number of rotatable bonds is 4. The van der Waals surface area contributed by atoms with Crippen molar-refractivity contribution in [3.8, 4) is 11.5 Å². The van der Waals surface area contributed by atoms with Gasteiger partial charge in [0.2, 0.25) is 0 Å². The van der Waals surface area contributed by atoms with Crippen LogP contribution >= 0.6 is 0 Å². The van der Waals surface area contributed by atoms with Crippen LogP contribution in [0.2, 0.25) is 0 Å². The molecular weight excluding hydrogens is 304 g/mol. The van der Waals surface area contributed by atoms with Crippen LogP contribution in [0.5, 0.6) is 11.5 Å². The molecule has 0 saturated heterocycles. The van der Waals surface area contributed by atoms with Gasteiger partial charge in [0.25, 0.3) is 0 Å². The molecule has 0 aliphatic heterocycles. The zero-order valence-electron chi connectivity index (χ0n) is 12.5. The molecule has 7 heteroatoms. The maximum atomic E-state index is 12.3. The third-order valence-electron chi connectivity index (χ3n) is 3.54. The molecule has 23 heavy (non-hydrogen) atoms. The highest BCUT2D eigenvalue weighted by molar-refractivity contribution is 6.04. The van der Waals surface area contributed by atoms with E-state index in [1.165, 1.54) is 32.4 Å². The molecule has 120 valence electrons. The van der Waals surface area contributed by atoms with Crippen LogP contribution in [-0.4, -0.2) is 25.9 Å². The lowest BCUT2D eigenvalue weighted by Gasteiger charge is -2.09. The topological polar surface area (TPSA) is 99.1 Å². The Hall–Kier alpha value is -2.80. The van der Waals surface area contributed by atoms with E-state index in [9.17, 15) is 9.59 Å². The van der Waals surface area contributed by atoms with E-state index < -0.39 is 11.3 Å². The Balaban J connectivity index is 2.47. The van der Waals surface area contributed by atoms with Gasteiger partial charge in [-0.15, -0.1) is 0 Å². The van der Waals surface area contributed by atoms with Gasteiger partial charge in [-0.25, -0.2) is 9.59 Å². The Morgan fingerprint density at radius 2 is 1.61 bits per heavy atom. The molecule has 0 atom stereocenters. The summed E-state index contributed by atoms with van der Waals surface area (Å²) in [5, 5.41) is 9.64. The molecule has 2 aromatic heterocycles. The third kappa shape index (κ3) is 2.44. The Bertz CT molecular complexity index is 997. The SMILES string of the molecule is COc1cc2c(=O)oc3cc(CCO)oc(=O)c3c2cc1OC. The van der Waals surface area contributed by atoms with Gasteiger partial charge < -0.3 is 23.4 Å². The minimum Gasteiger partial charge on any atom is -0.493 e. The summed E-state index contributed by atoms with van der Waals surface area (Å²) < 4.78 is 20.8. The van der Waals surface area contributed by atoms with Crippen LogP contribution in [0, 0.1) is 0 Å². The van der Waals surface area contributed by atoms with Crippen molar-refractivity contribution in [2.75, 3.05) is 20.8 Å². The van der Waals surface area contributed by atoms with E-state index in [4.69, 9.17) is 23.4 Å². The molecule has 0 bridgehead atoms. The fourth-order valence-electron chi connectivity index (χ4n) is 2.48. The second-order valence-electron chi connectivity index (χ2n) is 4.86. The van der Waals surface area contributed by atoms with Crippen molar-refractivity contribution >= 4 is 21.7 Å². The number of hydrogen-bond acceptors (Lipinski definition) is 7. The van der Waals surface area contributed by atoms with Crippen LogP contribution in [-0.2, 0) is 6.42 Å². The summed E-state index contributed by atoms with van der Waals surface area (Å²) in [5.74, 6) is 0.978. The first-order chi connectivity index (χ1) is 11.1. The van der Waals surface area contributed by atoms with Crippen molar-refractivity contribution in [2.45, 2.75) is 6.42 Å². The van der Waals surface area contributed by atoms with Crippen molar-refractivity contribution in [1.29, 1.82) is 0 Å². The first-order valence-corrected chi connectivity index (χ1v) is 6.85. The molecule has 0 saturated carbocycles. The maximum Gasteiger partial charge on any atom is 0.347 e. The first-order valence-electron chi connectivity index (χ1n) is 6.85. The zero-order valence-corrected chi connectivity index (χ0v) is 12.5. The van der Waals surface area contributed by atoms with Gasteiger partial charge in [0.15, 0.2) is 11.5 Å². The molecule has 1 aromatic carbocycles. The van der Waals surface area contributed by atoms with Crippen molar-refractivity contribution < 1.29 is 23.4 Å². The highest BCUT2D eigenvalue weighted by Crippen LogP contribution is 2.33.